The molecule has 1 aliphatic heterocycles. The van der Waals surface area contributed by atoms with Crippen LogP contribution in [-0.4, -0.2) is 23.3 Å². The van der Waals surface area contributed by atoms with E-state index in [1.807, 2.05) is 0 Å². The number of carbonyl (C=O) groups is 2. The molecule has 1 aromatic heterocycles. The predicted octanol–water partition coefficient (Wildman–Crippen LogP) is 3.15. The monoisotopic (exact) mass is 355 g/mol. The van der Waals surface area contributed by atoms with E-state index in [1.54, 1.807) is 5.38 Å². The number of nitrogens with one attached hydrogen (secondary N) is 1. The second-order valence-electron chi connectivity index (χ2n) is 5.28. The summed E-state index contributed by atoms with van der Waals surface area (Å²) in [6, 6.07) is 4.53. The molecule has 126 valence electrons. The largest absolute Gasteiger partial charge is 0.416 e. The van der Waals surface area contributed by atoms with Crippen LogP contribution < -0.4 is 10.2 Å². The van der Waals surface area contributed by atoms with Gasteiger partial charge in [0.25, 0.3) is 0 Å². The number of hydrogen-bond acceptors (Lipinski definition) is 4. The number of amides is 2. The van der Waals surface area contributed by atoms with E-state index in [9.17, 15) is 22.8 Å². The van der Waals surface area contributed by atoms with Gasteiger partial charge in [-0.2, -0.15) is 13.2 Å². The van der Waals surface area contributed by atoms with Crippen LogP contribution in [0.25, 0.3) is 0 Å². The molecule has 1 unspecified atom stereocenters. The molecule has 1 saturated heterocycles. The fourth-order valence-corrected chi connectivity index (χ4v) is 3.01. The summed E-state index contributed by atoms with van der Waals surface area (Å²) in [6.45, 7) is 0.0390. The summed E-state index contributed by atoms with van der Waals surface area (Å²) < 4.78 is 38.4. The number of rotatable bonds is 3. The molecule has 1 N–H and O–H groups in total. The molecule has 3 rings (SSSR count). The SMILES string of the molecule is O=C(Nc1nccs1)C1CC(=O)N(c2cccc(C(F)(F)F)c2)C1. The van der Waals surface area contributed by atoms with Crippen LogP contribution >= 0.6 is 11.3 Å². The van der Waals surface area contributed by atoms with Gasteiger partial charge in [0.05, 0.1) is 11.5 Å². The molecule has 9 heteroatoms. The number of hydrogen-bond donors (Lipinski definition) is 1. The molecule has 1 aromatic carbocycles. The number of aromatic nitrogens is 1. The molecule has 24 heavy (non-hydrogen) atoms. The zero-order valence-electron chi connectivity index (χ0n) is 12.2. The summed E-state index contributed by atoms with van der Waals surface area (Å²) in [4.78, 5) is 29.4. The van der Waals surface area contributed by atoms with E-state index in [4.69, 9.17) is 0 Å². The minimum Gasteiger partial charge on any atom is -0.312 e. The Morgan fingerprint density at radius 2 is 2.17 bits per heavy atom. The zero-order valence-corrected chi connectivity index (χ0v) is 13.0. The van der Waals surface area contributed by atoms with Crippen molar-refractivity contribution in [1.82, 2.24) is 4.98 Å². The second-order valence-corrected chi connectivity index (χ2v) is 6.17. The highest BCUT2D eigenvalue weighted by atomic mass is 32.1. The Kier molecular flexibility index (Phi) is 4.27. The van der Waals surface area contributed by atoms with Gasteiger partial charge in [0.2, 0.25) is 11.8 Å². The number of anilines is 2. The van der Waals surface area contributed by atoms with Gasteiger partial charge in [0.15, 0.2) is 5.13 Å². The first-order chi connectivity index (χ1) is 11.3. The van der Waals surface area contributed by atoms with Crippen LogP contribution in [0.1, 0.15) is 12.0 Å². The molecule has 0 saturated carbocycles. The topological polar surface area (TPSA) is 62.3 Å². The maximum atomic E-state index is 12.8. The quantitative estimate of drug-likeness (QED) is 0.920. The third-order valence-electron chi connectivity index (χ3n) is 3.64. The molecular weight excluding hydrogens is 343 g/mol. The lowest BCUT2D eigenvalue weighted by molar-refractivity contribution is -0.137. The van der Waals surface area contributed by atoms with Crippen molar-refractivity contribution in [3.8, 4) is 0 Å². The highest BCUT2D eigenvalue weighted by molar-refractivity contribution is 7.13. The van der Waals surface area contributed by atoms with E-state index in [1.165, 1.54) is 34.6 Å². The standard InChI is InChI=1S/C15H12F3N3O2S/c16-15(17,18)10-2-1-3-11(7-10)21-8-9(6-12(21)22)13(23)20-14-19-4-5-24-14/h1-5,7,9H,6,8H2,(H,19,20,23). The van der Waals surface area contributed by atoms with Crippen molar-refractivity contribution in [1.29, 1.82) is 0 Å². The van der Waals surface area contributed by atoms with E-state index < -0.39 is 17.7 Å². The van der Waals surface area contributed by atoms with Crippen molar-refractivity contribution in [2.45, 2.75) is 12.6 Å². The van der Waals surface area contributed by atoms with E-state index in [2.05, 4.69) is 10.3 Å². The van der Waals surface area contributed by atoms with Crippen LogP contribution in [0.5, 0.6) is 0 Å². The third kappa shape index (κ3) is 3.40. The average Bonchev–Trinajstić information content (AvgIpc) is 3.16. The van der Waals surface area contributed by atoms with Crippen molar-refractivity contribution in [2.75, 3.05) is 16.8 Å². The van der Waals surface area contributed by atoms with E-state index in [0.29, 0.717) is 5.13 Å². The van der Waals surface area contributed by atoms with Gasteiger partial charge in [-0.05, 0) is 18.2 Å². The van der Waals surface area contributed by atoms with E-state index in [-0.39, 0.29) is 30.5 Å². The first kappa shape index (κ1) is 16.4. The number of alkyl halides is 3. The molecule has 1 aliphatic rings. The Hall–Kier alpha value is -2.42. The van der Waals surface area contributed by atoms with Crippen LogP contribution in [0.2, 0.25) is 0 Å². The summed E-state index contributed by atoms with van der Waals surface area (Å²) in [5, 5.41) is 4.72. The van der Waals surface area contributed by atoms with Crippen molar-refractivity contribution >= 4 is 34.0 Å². The maximum absolute atomic E-state index is 12.8. The fourth-order valence-electron chi connectivity index (χ4n) is 2.48. The molecule has 0 aliphatic carbocycles. The van der Waals surface area contributed by atoms with Gasteiger partial charge in [-0.15, -0.1) is 11.3 Å². The van der Waals surface area contributed by atoms with Gasteiger partial charge in [-0.3, -0.25) is 9.59 Å². The fraction of sp³-hybridized carbons (Fsp3) is 0.267. The van der Waals surface area contributed by atoms with Gasteiger partial charge in [-0.25, -0.2) is 4.98 Å². The number of nitrogens with zero attached hydrogens (tertiary/aromatic N) is 2. The van der Waals surface area contributed by atoms with Gasteiger partial charge in [-0.1, -0.05) is 6.07 Å². The van der Waals surface area contributed by atoms with Crippen molar-refractivity contribution in [2.24, 2.45) is 5.92 Å². The van der Waals surface area contributed by atoms with Crippen molar-refractivity contribution in [3.05, 3.63) is 41.4 Å². The first-order valence-corrected chi connectivity index (χ1v) is 7.90. The normalized spacial score (nSPS) is 18.0. The highest BCUT2D eigenvalue weighted by Crippen LogP contribution is 2.33. The summed E-state index contributed by atoms with van der Waals surface area (Å²) in [5.74, 6) is -1.38. The van der Waals surface area contributed by atoms with Gasteiger partial charge in [0.1, 0.15) is 0 Å². The maximum Gasteiger partial charge on any atom is 0.416 e. The van der Waals surface area contributed by atoms with Crippen LogP contribution in [0.3, 0.4) is 0 Å². The molecule has 2 heterocycles. The second kappa shape index (κ2) is 6.23. The van der Waals surface area contributed by atoms with Crippen molar-refractivity contribution in [3.63, 3.8) is 0 Å². The van der Waals surface area contributed by atoms with Crippen LogP contribution in [0.15, 0.2) is 35.8 Å². The van der Waals surface area contributed by atoms with Gasteiger partial charge < -0.3 is 10.2 Å². The average molecular weight is 355 g/mol. The lowest BCUT2D eigenvalue weighted by Crippen LogP contribution is -2.28. The van der Waals surface area contributed by atoms with Crippen LogP contribution in [0, 0.1) is 5.92 Å². The highest BCUT2D eigenvalue weighted by Gasteiger charge is 2.37. The molecule has 0 radical (unpaired) electrons. The molecule has 5 nitrogen and oxygen atoms in total. The van der Waals surface area contributed by atoms with Crippen LogP contribution in [-0.2, 0) is 15.8 Å². The molecule has 1 atom stereocenters. The lowest BCUT2D eigenvalue weighted by atomic mass is 10.1. The van der Waals surface area contributed by atoms with Crippen LogP contribution in [0.4, 0.5) is 24.0 Å². The number of thiazole rings is 1. The number of carbonyl (C=O) groups excluding carboxylic acids is 2. The summed E-state index contributed by atoms with van der Waals surface area (Å²) >= 11 is 1.25. The van der Waals surface area contributed by atoms with Gasteiger partial charge >= 0.3 is 6.18 Å². The summed E-state index contributed by atoms with van der Waals surface area (Å²) in [6.07, 6.45) is -3.00. The lowest BCUT2D eigenvalue weighted by Gasteiger charge is -2.18. The third-order valence-corrected chi connectivity index (χ3v) is 4.33. The molecule has 0 spiro atoms. The van der Waals surface area contributed by atoms with E-state index in [0.717, 1.165) is 12.1 Å². The summed E-state index contributed by atoms with van der Waals surface area (Å²) in [5.41, 5.74) is -0.692. The Morgan fingerprint density at radius 1 is 1.38 bits per heavy atom. The Labute approximate surface area is 139 Å². The minimum absolute atomic E-state index is 0.0390. The molecule has 2 amide bonds. The minimum atomic E-state index is -4.49. The number of halogens is 3. The Bertz CT molecular complexity index is 762. The zero-order chi connectivity index (χ0) is 17.3. The van der Waals surface area contributed by atoms with Gasteiger partial charge in [0, 0.05) is 30.2 Å². The molecule has 2 aromatic rings. The predicted molar refractivity (Wildman–Crippen MR) is 82.6 cm³/mol. The van der Waals surface area contributed by atoms with Crippen molar-refractivity contribution < 1.29 is 22.8 Å². The first-order valence-electron chi connectivity index (χ1n) is 7.02. The smallest absolute Gasteiger partial charge is 0.312 e. The molecule has 0 bridgehead atoms. The molecule has 1 fully saturated rings. The molecular formula is C15H12F3N3O2S. The summed E-state index contributed by atoms with van der Waals surface area (Å²) in [7, 11) is 0. The Balaban J connectivity index is 1.74. The Morgan fingerprint density at radius 3 is 2.83 bits per heavy atom. The van der Waals surface area contributed by atoms with E-state index >= 15 is 0 Å². The number of benzene rings is 1.